The summed E-state index contributed by atoms with van der Waals surface area (Å²) in [7, 11) is 1.80. The summed E-state index contributed by atoms with van der Waals surface area (Å²) in [6.45, 7) is 15.8. The van der Waals surface area contributed by atoms with Crippen LogP contribution in [0.15, 0.2) is 60.2 Å². The van der Waals surface area contributed by atoms with Crippen LogP contribution in [-0.2, 0) is 17.3 Å². The van der Waals surface area contributed by atoms with Crippen LogP contribution in [0.1, 0.15) is 70.7 Å². The van der Waals surface area contributed by atoms with E-state index in [0.717, 1.165) is 17.7 Å². The molecule has 0 amide bonds. The Morgan fingerprint density at radius 1 is 0.719 bits per heavy atom. The van der Waals surface area contributed by atoms with Crippen LogP contribution in [0.5, 0.6) is 5.75 Å². The standard InChI is InChI=1S/C31H36O/c1-20-17-23-19-27(21-9-13-24(14-10-21)30(2,3)4)29(32-8)28(26(23)18-20)22-11-15-25(16-12-22)31(5,6)7/h9-17,19H,18H2,1-8H3. The fourth-order valence-electron chi connectivity index (χ4n) is 4.66. The van der Waals surface area contributed by atoms with Crippen LogP contribution >= 0.6 is 0 Å². The molecular weight excluding hydrogens is 388 g/mol. The Kier molecular flexibility index (Phi) is 5.57. The molecular formula is C31H36O. The van der Waals surface area contributed by atoms with Gasteiger partial charge in [0.2, 0.25) is 0 Å². The van der Waals surface area contributed by atoms with E-state index in [1.54, 1.807) is 7.11 Å². The third-order valence-corrected chi connectivity index (χ3v) is 6.58. The van der Waals surface area contributed by atoms with Crippen LogP contribution in [0, 0.1) is 0 Å². The first kappa shape index (κ1) is 22.4. The summed E-state index contributed by atoms with van der Waals surface area (Å²) in [5, 5.41) is 0. The van der Waals surface area contributed by atoms with Crippen molar-refractivity contribution in [3.8, 4) is 28.0 Å². The molecule has 3 aromatic carbocycles. The summed E-state index contributed by atoms with van der Waals surface area (Å²) in [6, 6.07) is 20.3. The minimum absolute atomic E-state index is 0.138. The van der Waals surface area contributed by atoms with E-state index in [2.05, 4.69) is 109 Å². The van der Waals surface area contributed by atoms with Gasteiger partial charge in [0.05, 0.1) is 7.11 Å². The van der Waals surface area contributed by atoms with E-state index in [1.165, 1.54) is 44.5 Å². The maximum Gasteiger partial charge on any atom is 0.134 e. The molecule has 0 fully saturated rings. The van der Waals surface area contributed by atoms with Gasteiger partial charge in [-0.2, -0.15) is 0 Å². The Labute approximate surface area is 194 Å². The molecule has 0 N–H and O–H groups in total. The Bertz CT molecular complexity index is 1160. The summed E-state index contributed by atoms with van der Waals surface area (Å²) >= 11 is 0. The van der Waals surface area contributed by atoms with Crippen molar-refractivity contribution >= 4 is 6.08 Å². The van der Waals surface area contributed by atoms with Crippen molar-refractivity contribution < 1.29 is 4.74 Å². The molecule has 166 valence electrons. The molecule has 1 aliphatic rings. The van der Waals surface area contributed by atoms with Crippen LogP contribution in [0.4, 0.5) is 0 Å². The molecule has 0 radical (unpaired) electrons. The summed E-state index contributed by atoms with van der Waals surface area (Å²) in [5.41, 5.74) is 11.9. The van der Waals surface area contributed by atoms with Crippen LogP contribution in [0.2, 0.25) is 0 Å². The highest BCUT2D eigenvalue weighted by atomic mass is 16.5. The highest BCUT2D eigenvalue weighted by Gasteiger charge is 2.24. The first-order valence-corrected chi connectivity index (χ1v) is 11.6. The van der Waals surface area contributed by atoms with E-state index in [1.807, 2.05) is 0 Å². The molecule has 0 aliphatic heterocycles. The molecule has 4 rings (SSSR count). The Morgan fingerprint density at radius 2 is 1.22 bits per heavy atom. The molecule has 0 bridgehead atoms. The van der Waals surface area contributed by atoms with Crippen LogP contribution in [0.3, 0.4) is 0 Å². The highest BCUT2D eigenvalue weighted by molar-refractivity contribution is 5.90. The fourth-order valence-corrected chi connectivity index (χ4v) is 4.66. The van der Waals surface area contributed by atoms with Gasteiger partial charge in [-0.15, -0.1) is 0 Å². The van der Waals surface area contributed by atoms with E-state index < -0.39 is 0 Å². The van der Waals surface area contributed by atoms with Crippen molar-refractivity contribution in [2.75, 3.05) is 7.11 Å². The molecule has 3 aromatic rings. The van der Waals surface area contributed by atoms with Crippen molar-refractivity contribution in [2.24, 2.45) is 0 Å². The maximum absolute atomic E-state index is 6.12. The second kappa shape index (κ2) is 7.96. The number of hydrogen-bond acceptors (Lipinski definition) is 1. The average molecular weight is 425 g/mol. The predicted molar refractivity (Wildman–Crippen MR) is 139 cm³/mol. The smallest absolute Gasteiger partial charge is 0.134 e. The predicted octanol–water partition coefficient (Wildman–Crippen LogP) is 8.58. The van der Waals surface area contributed by atoms with Crippen LogP contribution in [-0.4, -0.2) is 7.11 Å². The van der Waals surface area contributed by atoms with E-state index in [9.17, 15) is 0 Å². The SMILES string of the molecule is COc1c(-c2ccc(C(C)(C)C)cc2)cc2c(c1-c1ccc(C(C)(C)C)cc1)CC(C)=C2. The van der Waals surface area contributed by atoms with Gasteiger partial charge in [0.15, 0.2) is 0 Å². The molecule has 1 aliphatic carbocycles. The molecule has 0 saturated carbocycles. The number of hydrogen-bond donors (Lipinski definition) is 0. The minimum atomic E-state index is 0.138. The molecule has 0 heterocycles. The molecule has 0 saturated heterocycles. The van der Waals surface area contributed by atoms with Gasteiger partial charge in [-0.25, -0.2) is 0 Å². The lowest BCUT2D eigenvalue weighted by atomic mass is 9.84. The molecule has 0 spiro atoms. The van der Waals surface area contributed by atoms with Gasteiger partial charge in [-0.1, -0.05) is 102 Å². The third-order valence-electron chi connectivity index (χ3n) is 6.58. The van der Waals surface area contributed by atoms with Gasteiger partial charge in [0.1, 0.15) is 5.75 Å². The number of benzene rings is 3. The Balaban J connectivity index is 1.91. The summed E-state index contributed by atoms with van der Waals surface area (Å²) in [4.78, 5) is 0. The first-order valence-electron chi connectivity index (χ1n) is 11.6. The molecule has 0 atom stereocenters. The average Bonchev–Trinajstić information content (AvgIpc) is 3.11. The second-order valence-electron chi connectivity index (χ2n) is 11.2. The lowest BCUT2D eigenvalue weighted by Gasteiger charge is -2.22. The quantitative estimate of drug-likeness (QED) is 0.409. The maximum atomic E-state index is 6.12. The van der Waals surface area contributed by atoms with Gasteiger partial charge in [0, 0.05) is 11.1 Å². The topological polar surface area (TPSA) is 9.23 Å². The normalized spacial score (nSPS) is 13.7. The van der Waals surface area contributed by atoms with E-state index in [-0.39, 0.29) is 10.8 Å². The van der Waals surface area contributed by atoms with Crippen molar-refractivity contribution in [3.63, 3.8) is 0 Å². The summed E-state index contributed by atoms with van der Waals surface area (Å²) < 4.78 is 6.12. The lowest BCUT2D eigenvalue weighted by molar-refractivity contribution is 0.417. The molecule has 1 nitrogen and oxygen atoms in total. The van der Waals surface area contributed by atoms with Crippen molar-refractivity contribution in [3.05, 3.63) is 82.4 Å². The van der Waals surface area contributed by atoms with Gasteiger partial charge >= 0.3 is 0 Å². The van der Waals surface area contributed by atoms with E-state index in [4.69, 9.17) is 4.74 Å². The van der Waals surface area contributed by atoms with E-state index in [0.29, 0.717) is 0 Å². The largest absolute Gasteiger partial charge is 0.495 e. The summed E-state index contributed by atoms with van der Waals surface area (Å²) in [5.74, 6) is 0.971. The molecule has 0 aromatic heterocycles. The van der Waals surface area contributed by atoms with Gasteiger partial charge in [-0.05, 0) is 63.6 Å². The Morgan fingerprint density at radius 3 is 1.69 bits per heavy atom. The zero-order valence-corrected chi connectivity index (χ0v) is 20.9. The zero-order chi connectivity index (χ0) is 23.3. The van der Waals surface area contributed by atoms with E-state index >= 15 is 0 Å². The van der Waals surface area contributed by atoms with Crippen LogP contribution < -0.4 is 4.74 Å². The number of fused-ring (bicyclic) bond motifs is 1. The molecule has 1 heteroatoms. The number of allylic oxidation sites excluding steroid dienone is 1. The number of rotatable bonds is 3. The Hall–Kier alpha value is -2.80. The summed E-state index contributed by atoms with van der Waals surface area (Å²) in [6.07, 6.45) is 3.31. The number of methoxy groups -OCH3 is 1. The van der Waals surface area contributed by atoms with Gasteiger partial charge in [0.25, 0.3) is 0 Å². The van der Waals surface area contributed by atoms with Crippen molar-refractivity contribution in [1.82, 2.24) is 0 Å². The van der Waals surface area contributed by atoms with Crippen molar-refractivity contribution in [2.45, 2.75) is 65.7 Å². The third kappa shape index (κ3) is 4.13. The molecule has 32 heavy (non-hydrogen) atoms. The minimum Gasteiger partial charge on any atom is -0.495 e. The highest BCUT2D eigenvalue weighted by Crippen LogP contribution is 2.46. The monoisotopic (exact) mass is 424 g/mol. The second-order valence-corrected chi connectivity index (χ2v) is 11.2. The fraction of sp³-hybridized carbons (Fsp3) is 0.355. The lowest BCUT2D eigenvalue weighted by Crippen LogP contribution is -2.10. The van der Waals surface area contributed by atoms with Gasteiger partial charge < -0.3 is 4.74 Å². The molecule has 0 unspecified atom stereocenters. The van der Waals surface area contributed by atoms with Crippen molar-refractivity contribution in [1.29, 1.82) is 0 Å². The van der Waals surface area contributed by atoms with Gasteiger partial charge in [-0.3, -0.25) is 0 Å². The number of ether oxygens (including phenoxy) is 1. The first-order chi connectivity index (χ1) is 15.0. The zero-order valence-electron chi connectivity index (χ0n) is 20.9. The van der Waals surface area contributed by atoms with Crippen LogP contribution in [0.25, 0.3) is 28.3 Å².